The lowest BCUT2D eigenvalue weighted by molar-refractivity contribution is 0.342. The molecule has 0 radical (unpaired) electrons. The van der Waals surface area contributed by atoms with Crippen LogP contribution in [-0.2, 0) is 0 Å². The Morgan fingerprint density at radius 3 is 2.74 bits per heavy atom. The highest BCUT2D eigenvalue weighted by Gasteiger charge is 2.09. The van der Waals surface area contributed by atoms with Gasteiger partial charge in [0.05, 0.1) is 28.7 Å². The second kappa shape index (κ2) is 5.80. The summed E-state index contributed by atoms with van der Waals surface area (Å²) in [5, 5.41) is 3.11. The van der Waals surface area contributed by atoms with E-state index >= 15 is 0 Å². The first-order valence-electron chi connectivity index (χ1n) is 5.85. The van der Waals surface area contributed by atoms with Crippen LogP contribution in [0.25, 0.3) is 0 Å². The van der Waals surface area contributed by atoms with Gasteiger partial charge in [0.15, 0.2) is 0 Å². The Labute approximate surface area is 116 Å². The summed E-state index contributed by atoms with van der Waals surface area (Å²) < 4.78 is 18.7. The largest absolute Gasteiger partial charge is 0.492 e. The molecule has 0 unspecified atom stereocenters. The number of para-hydroxylation sites is 2. The summed E-state index contributed by atoms with van der Waals surface area (Å²) in [6, 6.07) is 10.1. The zero-order valence-corrected chi connectivity index (χ0v) is 11.2. The highest BCUT2D eigenvalue weighted by Crippen LogP contribution is 2.32. The van der Waals surface area contributed by atoms with Crippen LogP contribution in [0.3, 0.4) is 0 Å². The molecule has 0 spiro atoms. The van der Waals surface area contributed by atoms with E-state index in [2.05, 4.69) is 5.32 Å². The first-order valence-corrected chi connectivity index (χ1v) is 6.23. The smallest absolute Gasteiger partial charge is 0.143 e. The van der Waals surface area contributed by atoms with Gasteiger partial charge in [-0.1, -0.05) is 23.7 Å². The van der Waals surface area contributed by atoms with Crippen molar-refractivity contribution in [2.24, 2.45) is 0 Å². The van der Waals surface area contributed by atoms with Crippen LogP contribution < -0.4 is 15.8 Å². The molecule has 0 aliphatic heterocycles. The second-order valence-electron chi connectivity index (χ2n) is 3.91. The van der Waals surface area contributed by atoms with Crippen LogP contribution in [0.4, 0.5) is 21.5 Å². The molecule has 0 aliphatic carbocycles. The molecular weight excluding hydrogens is 267 g/mol. The number of nitrogen functional groups attached to an aromatic ring is 1. The molecule has 0 atom stereocenters. The molecule has 100 valence electrons. The number of hydrogen-bond acceptors (Lipinski definition) is 3. The van der Waals surface area contributed by atoms with Crippen LogP contribution in [0, 0.1) is 5.82 Å². The van der Waals surface area contributed by atoms with Crippen molar-refractivity contribution in [3.8, 4) is 5.75 Å². The van der Waals surface area contributed by atoms with Gasteiger partial charge in [0.1, 0.15) is 11.6 Å². The third-order valence-electron chi connectivity index (χ3n) is 2.55. The Bertz CT molecular complexity index is 590. The summed E-state index contributed by atoms with van der Waals surface area (Å²) in [6.07, 6.45) is 0. The lowest BCUT2D eigenvalue weighted by Gasteiger charge is -2.14. The minimum atomic E-state index is -0.539. The molecular formula is C14H14ClFN2O. The van der Waals surface area contributed by atoms with Gasteiger partial charge >= 0.3 is 0 Å². The van der Waals surface area contributed by atoms with Gasteiger partial charge in [-0.25, -0.2) is 4.39 Å². The van der Waals surface area contributed by atoms with Gasteiger partial charge in [-0.3, -0.25) is 0 Å². The van der Waals surface area contributed by atoms with Crippen molar-refractivity contribution in [1.82, 2.24) is 0 Å². The maximum atomic E-state index is 13.2. The minimum Gasteiger partial charge on any atom is -0.492 e. The molecule has 0 aromatic heterocycles. The molecule has 0 fully saturated rings. The summed E-state index contributed by atoms with van der Waals surface area (Å²) in [6.45, 7) is 2.46. The maximum Gasteiger partial charge on any atom is 0.143 e. The number of benzene rings is 2. The molecule has 3 N–H and O–H groups in total. The highest BCUT2D eigenvalue weighted by molar-refractivity contribution is 6.31. The molecule has 2 aromatic carbocycles. The van der Waals surface area contributed by atoms with Gasteiger partial charge in [0.25, 0.3) is 0 Å². The Kier molecular flexibility index (Phi) is 4.12. The Morgan fingerprint density at radius 2 is 2.00 bits per heavy atom. The molecule has 19 heavy (non-hydrogen) atoms. The topological polar surface area (TPSA) is 47.3 Å². The zero-order chi connectivity index (χ0) is 13.8. The molecule has 0 heterocycles. The molecule has 0 aliphatic rings. The van der Waals surface area contributed by atoms with Crippen molar-refractivity contribution in [1.29, 1.82) is 0 Å². The van der Waals surface area contributed by atoms with Gasteiger partial charge in [-0.2, -0.15) is 0 Å². The van der Waals surface area contributed by atoms with Crippen molar-refractivity contribution in [3.63, 3.8) is 0 Å². The highest BCUT2D eigenvalue weighted by atomic mass is 35.5. The van der Waals surface area contributed by atoms with E-state index < -0.39 is 5.82 Å². The quantitative estimate of drug-likeness (QED) is 0.825. The Morgan fingerprint density at radius 1 is 1.26 bits per heavy atom. The van der Waals surface area contributed by atoms with Gasteiger partial charge < -0.3 is 15.8 Å². The summed E-state index contributed by atoms with van der Waals surface area (Å²) >= 11 is 5.75. The molecule has 5 heteroatoms. The number of halogens is 2. The molecule has 0 bridgehead atoms. The molecule has 2 aromatic rings. The van der Waals surface area contributed by atoms with Crippen molar-refractivity contribution in [2.45, 2.75) is 6.92 Å². The van der Waals surface area contributed by atoms with E-state index in [1.807, 2.05) is 31.2 Å². The predicted octanol–water partition coefficient (Wildman–Crippen LogP) is 4.20. The fourth-order valence-corrected chi connectivity index (χ4v) is 1.83. The zero-order valence-electron chi connectivity index (χ0n) is 10.4. The molecule has 2 rings (SSSR count). The van der Waals surface area contributed by atoms with Crippen molar-refractivity contribution in [2.75, 3.05) is 17.7 Å². The van der Waals surface area contributed by atoms with E-state index in [0.29, 0.717) is 18.0 Å². The standard InChI is InChI=1S/C14H14ClFN2O/c1-2-19-14-6-4-3-5-12(14)18-13-7-9(15)10(16)8-11(13)17/h3-8,18H,2,17H2,1H3. The fraction of sp³-hybridized carbons (Fsp3) is 0.143. The van der Waals surface area contributed by atoms with E-state index in [1.54, 1.807) is 0 Å². The number of anilines is 3. The molecule has 0 saturated carbocycles. The Hall–Kier alpha value is -1.94. The number of nitrogens with one attached hydrogen (secondary N) is 1. The summed E-state index contributed by atoms with van der Waals surface area (Å²) in [7, 11) is 0. The van der Waals surface area contributed by atoms with Crippen LogP contribution in [0.5, 0.6) is 5.75 Å². The summed E-state index contributed by atoms with van der Waals surface area (Å²) in [5.74, 6) is 0.160. The number of ether oxygens (including phenoxy) is 1. The maximum absolute atomic E-state index is 13.2. The number of nitrogens with two attached hydrogens (primary N) is 1. The monoisotopic (exact) mass is 280 g/mol. The second-order valence-corrected chi connectivity index (χ2v) is 4.31. The van der Waals surface area contributed by atoms with Gasteiger partial charge in [-0.15, -0.1) is 0 Å². The molecule has 3 nitrogen and oxygen atoms in total. The summed E-state index contributed by atoms with van der Waals surface area (Å²) in [5.41, 5.74) is 7.33. The normalized spacial score (nSPS) is 10.3. The summed E-state index contributed by atoms with van der Waals surface area (Å²) in [4.78, 5) is 0. The van der Waals surface area contributed by atoms with E-state index in [1.165, 1.54) is 12.1 Å². The van der Waals surface area contributed by atoms with Crippen molar-refractivity contribution >= 4 is 28.7 Å². The van der Waals surface area contributed by atoms with Crippen molar-refractivity contribution in [3.05, 3.63) is 47.2 Å². The van der Waals surface area contributed by atoms with Crippen molar-refractivity contribution < 1.29 is 9.13 Å². The lowest BCUT2D eigenvalue weighted by atomic mass is 10.2. The SMILES string of the molecule is CCOc1ccccc1Nc1cc(Cl)c(F)cc1N. The van der Waals surface area contributed by atoms with Crippen LogP contribution in [0.15, 0.2) is 36.4 Å². The van der Waals surface area contributed by atoms with E-state index in [0.717, 1.165) is 5.69 Å². The average molecular weight is 281 g/mol. The van der Waals surface area contributed by atoms with Gasteiger partial charge in [0.2, 0.25) is 0 Å². The van der Waals surface area contributed by atoms with E-state index in [4.69, 9.17) is 22.1 Å². The minimum absolute atomic E-state index is 0.0191. The third-order valence-corrected chi connectivity index (χ3v) is 2.84. The first-order chi connectivity index (χ1) is 9.11. The number of hydrogen-bond donors (Lipinski definition) is 2. The fourth-order valence-electron chi connectivity index (χ4n) is 1.67. The van der Waals surface area contributed by atoms with Gasteiger partial charge in [-0.05, 0) is 25.1 Å². The average Bonchev–Trinajstić information content (AvgIpc) is 2.38. The first kappa shape index (κ1) is 13.5. The molecule has 0 amide bonds. The predicted molar refractivity (Wildman–Crippen MR) is 76.7 cm³/mol. The Balaban J connectivity index is 2.33. The number of rotatable bonds is 4. The van der Waals surface area contributed by atoms with Gasteiger partial charge in [0, 0.05) is 6.07 Å². The van der Waals surface area contributed by atoms with Crippen LogP contribution >= 0.6 is 11.6 Å². The molecule has 0 saturated heterocycles. The van der Waals surface area contributed by atoms with Crippen LogP contribution in [0.2, 0.25) is 5.02 Å². The van der Waals surface area contributed by atoms with E-state index in [-0.39, 0.29) is 10.7 Å². The third kappa shape index (κ3) is 3.09. The van der Waals surface area contributed by atoms with Crippen LogP contribution in [0.1, 0.15) is 6.92 Å². The van der Waals surface area contributed by atoms with Crippen LogP contribution in [-0.4, -0.2) is 6.61 Å². The lowest BCUT2D eigenvalue weighted by Crippen LogP contribution is -2.00. The van der Waals surface area contributed by atoms with E-state index in [9.17, 15) is 4.39 Å².